The molecule has 1 atom stereocenters. The van der Waals surface area contributed by atoms with Crippen LogP contribution in [0, 0.1) is 17.5 Å². The lowest BCUT2D eigenvalue weighted by Crippen LogP contribution is -2.30. The highest BCUT2D eigenvalue weighted by atomic mass is 19.2. The van der Waals surface area contributed by atoms with Gasteiger partial charge in [-0.05, 0) is 42.3 Å². The summed E-state index contributed by atoms with van der Waals surface area (Å²) >= 11 is 0. The molecule has 0 amide bonds. The smallest absolute Gasteiger partial charge is 0.335 e. The highest BCUT2D eigenvalue weighted by Gasteiger charge is 2.37. The number of nitrogens with one attached hydrogen (secondary N) is 1. The van der Waals surface area contributed by atoms with Crippen molar-refractivity contribution >= 4 is 27.8 Å². The van der Waals surface area contributed by atoms with Crippen LogP contribution in [0.2, 0.25) is 0 Å². The van der Waals surface area contributed by atoms with E-state index in [1.54, 1.807) is 13.0 Å². The summed E-state index contributed by atoms with van der Waals surface area (Å²) in [5.41, 5.74) is -0.490. The summed E-state index contributed by atoms with van der Waals surface area (Å²) in [6.07, 6.45) is 1.38. The van der Waals surface area contributed by atoms with Gasteiger partial charge in [0.05, 0.1) is 23.0 Å². The first-order valence-electron chi connectivity index (χ1n) is 11.5. The Kier molecular flexibility index (Phi) is 6.01. The Morgan fingerprint density at radius 2 is 1.81 bits per heavy atom. The van der Waals surface area contributed by atoms with Crippen molar-refractivity contribution in [2.75, 3.05) is 6.61 Å². The van der Waals surface area contributed by atoms with Gasteiger partial charge in [0.15, 0.2) is 17.5 Å². The number of hydrogen-bond donors (Lipinski definition) is 4. The average molecular weight is 509 g/mol. The number of aromatic carboxylic acids is 1. The third kappa shape index (κ3) is 3.85. The number of aliphatic hydroxyl groups excluding tert-OH is 1. The normalized spacial score (nSPS) is 13.4. The van der Waals surface area contributed by atoms with E-state index in [2.05, 4.69) is 10.2 Å². The lowest BCUT2D eigenvalue weighted by molar-refractivity contribution is 0.00328. The van der Waals surface area contributed by atoms with E-state index in [1.807, 2.05) is 0 Å². The van der Waals surface area contributed by atoms with Gasteiger partial charge in [-0.25, -0.2) is 18.0 Å². The molecule has 4 N–H and O–H groups in total. The molecule has 0 radical (unpaired) electrons. The average Bonchev–Trinajstić information content (AvgIpc) is 3.49. The predicted octanol–water partition coefficient (Wildman–Crippen LogP) is 5.27. The Hall–Kier alpha value is -4.15. The number of nitrogens with zero attached hydrogens (tertiary/aromatic N) is 2. The molecule has 7 nitrogen and oxygen atoms in total. The lowest BCUT2D eigenvalue weighted by Gasteiger charge is -2.30. The van der Waals surface area contributed by atoms with Crippen molar-refractivity contribution in [1.29, 1.82) is 0 Å². The van der Waals surface area contributed by atoms with Crippen molar-refractivity contribution in [2.24, 2.45) is 0 Å². The van der Waals surface area contributed by atoms with Crippen LogP contribution in [0.1, 0.15) is 35.8 Å². The Morgan fingerprint density at radius 3 is 2.43 bits per heavy atom. The number of hydrogen-bond acceptors (Lipinski definition) is 4. The van der Waals surface area contributed by atoms with E-state index in [0.717, 1.165) is 12.1 Å². The SMILES string of the molecule is CC[C@](O)(CCO)c1c(-c2ccc(C(=O)O)cc2)c2c(F)c3[nH]ncc3cc2n1-c1ccc(F)c(F)c1. The minimum Gasteiger partial charge on any atom is -0.478 e. The van der Waals surface area contributed by atoms with Crippen molar-refractivity contribution in [3.8, 4) is 16.8 Å². The van der Waals surface area contributed by atoms with Crippen LogP contribution in [0.3, 0.4) is 0 Å². The third-order valence-electron chi connectivity index (χ3n) is 6.74. The second kappa shape index (κ2) is 9.06. The molecule has 0 fully saturated rings. The van der Waals surface area contributed by atoms with E-state index in [-0.39, 0.29) is 51.8 Å². The molecule has 0 unspecified atom stereocenters. The number of carboxylic acids is 1. The molecular formula is C27H22F3N3O4. The zero-order valence-electron chi connectivity index (χ0n) is 19.6. The molecule has 0 saturated carbocycles. The maximum Gasteiger partial charge on any atom is 0.335 e. The molecule has 5 rings (SSSR count). The van der Waals surface area contributed by atoms with Gasteiger partial charge in [0.2, 0.25) is 0 Å². The van der Waals surface area contributed by atoms with Gasteiger partial charge < -0.3 is 19.9 Å². The number of rotatable bonds is 7. The molecule has 0 aliphatic rings. The predicted molar refractivity (Wildman–Crippen MR) is 131 cm³/mol. The first-order valence-corrected chi connectivity index (χ1v) is 11.5. The van der Waals surface area contributed by atoms with Crippen LogP contribution in [-0.4, -0.2) is 42.7 Å². The van der Waals surface area contributed by atoms with Gasteiger partial charge in [-0.1, -0.05) is 19.1 Å². The molecule has 2 heterocycles. The topological polar surface area (TPSA) is 111 Å². The van der Waals surface area contributed by atoms with Gasteiger partial charge in [0.1, 0.15) is 11.1 Å². The molecule has 37 heavy (non-hydrogen) atoms. The van der Waals surface area contributed by atoms with Crippen molar-refractivity contribution in [3.05, 3.63) is 83.4 Å². The van der Waals surface area contributed by atoms with Crippen molar-refractivity contribution in [1.82, 2.24) is 14.8 Å². The standard InChI is InChI=1S/C27H22F3N3O4/c1-2-27(37,9-10-34)25-21(14-3-5-15(6-4-14)26(35)36)22-20(11-16-13-31-32-24(16)23(22)30)33(25)17-7-8-18(28)19(29)12-17/h3-8,11-13,34,37H,2,9-10H2,1H3,(H,31,32)(H,35,36)/t27-/m0/s1. The Labute approximate surface area is 208 Å². The summed E-state index contributed by atoms with van der Waals surface area (Å²) in [5.74, 6) is -4.04. The highest BCUT2D eigenvalue weighted by Crippen LogP contribution is 2.46. The Morgan fingerprint density at radius 1 is 1.08 bits per heavy atom. The fraction of sp³-hybridized carbons (Fsp3) is 0.185. The van der Waals surface area contributed by atoms with Crippen LogP contribution in [-0.2, 0) is 5.60 Å². The summed E-state index contributed by atoms with van der Waals surface area (Å²) in [6.45, 7) is 1.28. The second-order valence-electron chi connectivity index (χ2n) is 8.82. The Balaban J connectivity index is 2.01. The lowest BCUT2D eigenvalue weighted by atomic mass is 9.86. The number of carbonyl (C=O) groups is 1. The van der Waals surface area contributed by atoms with E-state index in [4.69, 9.17) is 0 Å². The number of benzene rings is 3. The van der Waals surface area contributed by atoms with Crippen LogP contribution < -0.4 is 0 Å². The number of aromatic nitrogens is 3. The molecule has 5 aromatic rings. The zero-order valence-corrected chi connectivity index (χ0v) is 19.6. The third-order valence-corrected chi connectivity index (χ3v) is 6.74. The molecular weight excluding hydrogens is 487 g/mol. The van der Waals surface area contributed by atoms with Crippen LogP contribution in [0.4, 0.5) is 13.2 Å². The fourth-order valence-electron chi connectivity index (χ4n) is 4.84. The fourth-order valence-corrected chi connectivity index (χ4v) is 4.84. The summed E-state index contributed by atoms with van der Waals surface area (Å²) in [5, 5.41) is 38.0. The summed E-state index contributed by atoms with van der Waals surface area (Å²) in [4.78, 5) is 11.4. The Bertz CT molecular complexity index is 1660. The molecule has 2 aromatic heterocycles. The molecule has 3 aromatic carbocycles. The molecule has 0 aliphatic carbocycles. The molecule has 0 bridgehead atoms. The van der Waals surface area contributed by atoms with Crippen LogP contribution in [0.25, 0.3) is 38.6 Å². The number of aliphatic hydroxyl groups is 2. The largest absolute Gasteiger partial charge is 0.478 e. The molecule has 0 saturated heterocycles. The monoisotopic (exact) mass is 509 g/mol. The highest BCUT2D eigenvalue weighted by molar-refractivity contribution is 6.06. The number of carboxylic acid groups (broad SMARTS) is 1. The van der Waals surface area contributed by atoms with Crippen LogP contribution in [0.15, 0.2) is 54.7 Å². The molecule has 0 aliphatic heterocycles. The summed E-state index contributed by atoms with van der Waals surface area (Å²) < 4.78 is 45.9. The van der Waals surface area contributed by atoms with Crippen molar-refractivity contribution in [3.63, 3.8) is 0 Å². The van der Waals surface area contributed by atoms with E-state index < -0.39 is 35.6 Å². The van der Waals surface area contributed by atoms with Gasteiger partial charge in [0, 0.05) is 41.1 Å². The minimum atomic E-state index is -1.72. The number of aromatic amines is 1. The molecule has 190 valence electrons. The zero-order chi connectivity index (χ0) is 26.5. The van der Waals surface area contributed by atoms with E-state index in [0.29, 0.717) is 10.9 Å². The second-order valence-corrected chi connectivity index (χ2v) is 8.82. The van der Waals surface area contributed by atoms with Gasteiger partial charge in [-0.15, -0.1) is 0 Å². The van der Waals surface area contributed by atoms with Crippen molar-refractivity contribution in [2.45, 2.75) is 25.4 Å². The quantitative estimate of drug-likeness (QED) is 0.239. The number of H-pyrrole nitrogens is 1. The maximum atomic E-state index is 16.1. The minimum absolute atomic E-state index is 0.00665. The summed E-state index contributed by atoms with van der Waals surface area (Å²) in [6, 6.07) is 10.5. The van der Waals surface area contributed by atoms with Crippen molar-refractivity contribution < 1.29 is 33.3 Å². The van der Waals surface area contributed by atoms with Gasteiger partial charge >= 0.3 is 5.97 Å². The first kappa shape index (κ1) is 24.5. The molecule has 10 heteroatoms. The van der Waals surface area contributed by atoms with Gasteiger partial charge in [-0.2, -0.15) is 5.10 Å². The van der Waals surface area contributed by atoms with Gasteiger partial charge in [-0.3, -0.25) is 5.10 Å². The van der Waals surface area contributed by atoms with Gasteiger partial charge in [0.25, 0.3) is 0 Å². The van der Waals surface area contributed by atoms with E-state index in [1.165, 1.54) is 41.1 Å². The number of halogens is 3. The number of fused-ring (bicyclic) bond motifs is 2. The molecule has 0 spiro atoms. The summed E-state index contributed by atoms with van der Waals surface area (Å²) in [7, 11) is 0. The van der Waals surface area contributed by atoms with E-state index in [9.17, 15) is 28.9 Å². The van der Waals surface area contributed by atoms with Crippen LogP contribution >= 0.6 is 0 Å². The van der Waals surface area contributed by atoms with Crippen LogP contribution in [0.5, 0.6) is 0 Å². The first-order chi connectivity index (χ1) is 17.7. The van der Waals surface area contributed by atoms with E-state index >= 15 is 4.39 Å². The maximum absolute atomic E-state index is 16.1.